The summed E-state index contributed by atoms with van der Waals surface area (Å²) < 4.78 is 0. The number of nitrogens with zero attached hydrogens (tertiary/aromatic N) is 2. The van der Waals surface area contributed by atoms with Gasteiger partial charge >= 0.3 is 0 Å². The van der Waals surface area contributed by atoms with Gasteiger partial charge in [-0.05, 0) is 13.1 Å². The van der Waals surface area contributed by atoms with Gasteiger partial charge in [0.15, 0.2) is 0 Å². The van der Waals surface area contributed by atoms with Gasteiger partial charge in [-0.2, -0.15) is 0 Å². The minimum atomic E-state index is -0.406. The molecule has 0 aromatic rings. The molecule has 0 spiro atoms. The molecule has 0 saturated carbocycles. The van der Waals surface area contributed by atoms with E-state index in [0.29, 0.717) is 11.5 Å². The molecule has 0 fully saturated rings. The standard InChI is InChI=1S/C8H14N2O3/c1-3-9(7-11)6-5-8(12)10(13)4-2/h3,7,13H,1,4-6H2,2H3. The van der Waals surface area contributed by atoms with Gasteiger partial charge in [0.1, 0.15) is 0 Å². The van der Waals surface area contributed by atoms with Gasteiger partial charge in [0.25, 0.3) is 0 Å². The SMILES string of the molecule is C=CN(C=O)CCC(=O)N(O)CC. The number of carbonyl (C=O) groups is 2. The summed E-state index contributed by atoms with van der Waals surface area (Å²) in [6.45, 7) is 5.52. The van der Waals surface area contributed by atoms with E-state index in [2.05, 4.69) is 6.58 Å². The molecule has 0 aliphatic rings. The Morgan fingerprint density at radius 1 is 1.62 bits per heavy atom. The largest absolute Gasteiger partial charge is 0.322 e. The van der Waals surface area contributed by atoms with Crippen LogP contribution < -0.4 is 0 Å². The topological polar surface area (TPSA) is 60.9 Å². The number of hydroxylamine groups is 2. The fourth-order valence-corrected chi connectivity index (χ4v) is 0.717. The van der Waals surface area contributed by atoms with Crippen molar-refractivity contribution in [1.82, 2.24) is 9.96 Å². The summed E-state index contributed by atoms with van der Waals surface area (Å²) in [7, 11) is 0. The van der Waals surface area contributed by atoms with Gasteiger partial charge in [-0.25, -0.2) is 5.06 Å². The van der Waals surface area contributed by atoms with Crippen LogP contribution in [0.1, 0.15) is 13.3 Å². The van der Waals surface area contributed by atoms with Gasteiger partial charge in [0.05, 0.1) is 0 Å². The summed E-state index contributed by atoms with van der Waals surface area (Å²) >= 11 is 0. The highest BCUT2D eigenvalue weighted by atomic mass is 16.5. The summed E-state index contributed by atoms with van der Waals surface area (Å²) in [6, 6.07) is 0. The Morgan fingerprint density at radius 2 is 2.23 bits per heavy atom. The Kier molecular flexibility index (Phi) is 5.54. The molecule has 2 amide bonds. The van der Waals surface area contributed by atoms with Crippen LogP contribution >= 0.6 is 0 Å². The Morgan fingerprint density at radius 3 is 2.62 bits per heavy atom. The average Bonchev–Trinajstić information content (AvgIpc) is 2.17. The minimum Gasteiger partial charge on any atom is -0.322 e. The van der Waals surface area contributed by atoms with Crippen molar-refractivity contribution in [2.45, 2.75) is 13.3 Å². The van der Waals surface area contributed by atoms with Gasteiger partial charge in [0.2, 0.25) is 12.3 Å². The number of rotatable bonds is 6. The van der Waals surface area contributed by atoms with Gasteiger partial charge in [-0.1, -0.05) is 6.58 Å². The third-order valence-electron chi connectivity index (χ3n) is 1.54. The molecule has 1 N–H and O–H groups in total. The van der Waals surface area contributed by atoms with Gasteiger partial charge < -0.3 is 4.90 Å². The van der Waals surface area contributed by atoms with Crippen LogP contribution in [-0.4, -0.2) is 40.6 Å². The second-order valence-electron chi connectivity index (χ2n) is 2.39. The number of carbonyl (C=O) groups excluding carboxylic acids is 2. The molecule has 0 bridgehead atoms. The maximum absolute atomic E-state index is 11.0. The lowest BCUT2D eigenvalue weighted by Crippen LogP contribution is -2.30. The lowest BCUT2D eigenvalue weighted by atomic mass is 10.3. The first kappa shape index (κ1) is 11.6. The second kappa shape index (κ2) is 6.19. The van der Waals surface area contributed by atoms with E-state index in [0.717, 1.165) is 0 Å². The molecule has 0 heterocycles. The number of hydrogen-bond donors (Lipinski definition) is 1. The molecule has 0 aromatic carbocycles. The molecule has 0 aromatic heterocycles. The van der Waals surface area contributed by atoms with Crippen molar-refractivity contribution in [3.8, 4) is 0 Å². The number of amides is 2. The third-order valence-corrected chi connectivity index (χ3v) is 1.54. The van der Waals surface area contributed by atoms with E-state index in [1.54, 1.807) is 6.92 Å². The summed E-state index contributed by atoms with van der Waals surface area (Å²) in [5, 5.41) is 9.55. The highest BCUT2D eigenvalue weighted by Gasteiger charge is 2.09. The van der Waals surface area contributed by atoms with Crippen molar-refractivity contribution in [2.75, 3.05) is 13.1 Å². The zero-order valence-corrected chi connectivity index (χ0v) is 7.64. The average molecular weight is 186 g/mol. The molecule has 0 radical (unpaired) electrons. The molecule has 0 aliphatic carbocycles. The minimum absolute atomic E-state index is 0.0924. The van der Waals surface area contributed by atoms with Crippen LogP contribution in [0.5, 0.6) is 0 Å². The highest BCUT2D eigenvalue weighted by Crippen LogP contribution is 1.93. The summed E-state index contributed by atoms with van der Waals surface area (Å²) in [5.41, 5.74) is 0. The zero-order chi connectivity index (χ0) is 10.3. The molecule has 0 atom stereocenters. The molecule has 5 nitrogen and oxygen atoms in total. The Hall–Kier alpha value is -1.36. The quantitative estimate of drug-likeness (QED) is 0.366. The molecule has 5 heteroatoms. The van der Waals surface area contributed by atoms with Gasteiger partial charge in [0, 0.05) is 19.5 Å². The summed E-state index contributed by atoms with van der Waals surface area (Å²) in [6.07, 6.45) is 2.00. The molecule has 0 unspecified atom stereocenters. The van der Waals surface area contributed by atoms with Crippen molar-refractivity contribution >= 4 is 12.3 Å². The van der Waals surface area contributed by atoms with E-state index in [9.17, 15) is 9.59 Å². The smallest absolute Gasteiger partial charge is 0.247 e. The maximum atomic E-state index is 11.0. The third kappa shape index (κ3) is 4.27. The fraction of sp³-hybridized carbons (Fsp3) is 0.500. The monoisotopic (exact) mass is 186 g/mol. The lowest BCUT2D eigenvalue weighted by molar-refractivity contribution is -0.164. The van der Waals surface area contributed by atoms with E-state index in [-0.39, 0.29) is 19.5 Å². The van der Waals surface area contributed by atoms with E-state index in [1.165, 1.54) is 11.1 Å². The predicted octanol–water partition coefficient (Wildman–Crippen LogP) is 0.216. The van der Waals surface area contributed by atoms with Crippen molar-refractivity contribution in [2.24, 2.45) is 0 Å². The van der Waals surface area contributed by atoms with Crippen molar-refractivity contribution in [3.05, 3.63) is 12.8 Å². The first-order valence-electron chi connectivity index (χ1n) is 3.98. The second-order valence-corrected chi connectivity index (χ2v) is 2.39. The van der Waals surface area contributed by atoms with E-state index in [1.807, 2.05) is 0 Å². The van der Waals surface area contributed by atoms with Crippen LogP contribution in [-0.2, 0) is 9.59 Å². The molecule has 0 saturated heterocycles. The maximum Gasteiger partial charge on any atom is 0.247 e. The van der Waals surface area contributed by atoms with Gasteiger partial charge in [-0.15, -0.1) is 0 Å². The normalized spacial score (nSPS) is 9.08. The molecule has 13 heavy (non-hydrogen) atoms. The number of hydrogen-bond acceptors (Lipinski definition) is 3. The van der Waals surface area contributed by atoms with E-state index in [4.69, 9.17) is 5.21 Å². The van der Waals surface area contributed by atoms with E-state index >= 15 is 0 Å². The van der Waals surface area contributed by atoms with Crippen molar-refractivity contribution < 1.29 is 14.8 Å². The van der Waals surface area contributed by atoms with E-state index < -0.39 is 5.91 Å². The van der Waals surface area contributed by atoms with Crippen LogP contribution in [0, 0.1) is 0 Å². The Balaban J connectivity index is 3.80. The highest BCUT2D eigenvalue weighted by molar-refractivity contribution is 5.75. The Bertz CT molecular complexity index is 186. The van der Waals surface area contributed by atoms with Gasteiger partial charge in [-0.3, -0.25) is 14.8 Å². The van der Waals surface area contributed by atoms with Crippen molar-refractivity contribution in [1.29, 1.82) is 0 Å². The first-order chi connectivity index (χ1) is 6.15. The molecule has 0 rings (SSSR count). The van der Waals surface area contributed by atoms with Crippen LogP contribution in [0.4, 0.5) is 0 Å². The molecular weight excluding hydrogens is 172 g/mol. The Labute approximate surface area is 77.2 Å². The fourth-order valence-electron chi connectivity index (χ4n) is 0.717. The van der Waals surface area contributed by atoms with Crippen molar-refractivity contribution in [3.63, 3.8) is 0 Å². The van der Waals surface area contributed by atoms with Crippen LogP contribution in [0.2, 0.25) is 0 Å². The summed E-state index contributed by atoms with van der Waals surface area (Å²) in [4.78, 5) is 22.5. The molecule has 74 valence electrons. The molecular formula is C8H14N2O3. The predicted molar refractivity (Wildman–Crippen MR) is 46.8 cm³/mol. The lowest BCUT2D eigenvalue weighted by Gasteiger charge is -2.14. The van der Waals surface area contributed by atoms with Crippen LogP contribution in [0.25, 0.3) is 0 Å². The summed E-state index contributed by atoms with van der Waals surface area (Å²) in [5.74, 6) is -0.406. The molecule has 0 aliphatic heterocycles. The van der Waals surface area contributed by atoms with Crippen LogP contribution in [0.3, 0.4) is 0 Å². The van der Waals surface area contributed by atoms with Crippen LogP contribution in [0.15, 0.2) is 12.8 Å². The first-order valence-corrected chi connectivity index (χ1v) is 3.98. The zero-order valence-electron chi connectivity index (χ0n) is 7.64.